The predicted molar refractivity (Wildman–Crippen MR) is 61.2 cm³/mol. The number of oxime groups is 1. The average Bonchev–Trinajstić information content (AvgIpc) is 2.33. The van der Waals surface area contributed by atoms with E-state index in [1.54, 1.807) is 0 Å². The molecule has 2 rings (SSSR count). The van der Waals surface area contributed by atoms with Gasteiger partial charge in [0.2, 0.25) is 5.91 Å². The van der Waals surface area contributed by atoms with Crippen LogP contribution in [0.4, 0.5) is 0 Å². The van der Waals surface area contributed by atoms with Gasteiger partial charge in [-0.05, 0) is 0 Å². The lowest BCUT2D eigenvalue weighted by Crippen LogP contribution is -2.68. The van der Waals surface area contributed by atoms with Crippen LogP contribution in [-0.2, 0) is 14.4 Å². The lowest BCUT2D eigenvalue weighted by molar-refractivity contribution is -0.147. The molecule has 2 atom stereocenters. The fourth-order valence-electron chi connectivity index (χ4n) is 1.76. The Kier molecular flexibility index (Phi) is 3.07. The first-order valence-electron chi connectivity index (χ1n) is 4.81. The maximum Gasteiger partial charge on any atom is 0.353 e. The van der Waals surface area contributed by atoms with Gasteiger partial charge in [0, 0.05) is 11.3 Å². The van der Waals surface area contributed by atoms with E-state index in [0.29, 0.717) is 11.3 Å². The molecule has 0 bridgehead atoms. The summed E-state index contributed by atoms with van der Waals surface area (Å²) < 4.78 is 0. The maximum absolute atomic E-state index is 11.5. The third-order valence-corrected chi connectivity index (χ3v) is 3.88. The molecule has 0 saturated carbocycles. The number of thioether (sulfide) groups is 1. The number of nitrogens with two attached hydrogens (primary N) is 1. The number of amides is 1. The molecule has 7 nitrogen and oxygen atoms in total. The molecule has 2 aliphatic rings. The zero-order valence-electron chi connectivity index (χ0n) is 8.99. The summed E-state index contributed by atoms with van der Waals surface area (Å²) in [6, 6.07) is -0.615. The van der Waals surface area contributed by atoms with Gasteiger partial charge in [-0.25, -0.2) is 4.79 Å². The Hall–Kier alpha value is -1.54. The predicted octanol–water partition coefficient (Wildman–Crippen LogP) is -0.800. The van der Waals surface area contributed by atoms with Crippen LogP contribution in [-0.4, -0.2) is 52.4 Å². The monoisotopic (exact) mass is 257 g/mol. The third-order valence-electron chi connectivity index (χ3n) is 2.56. The molecule has 92 valence electrons. The number of fused-ring (bicyclic) bond motifs is 1. The van der Waals surface area contributed by atoms with Crippen LogP contribution in [0, 0.1) is 0 Å². The number of hydrogen-bond acceptors (Lipinski definition) is 6. The topological polar surface area (TPSA) is 105 Å². The standard InChI is InChI=1S/C9H11N3O4S/c1-16-11-2-4-3-17-8-5(10)7(13)12(8)6(4)9(14)15/h2,5,8H,3,10H2,1H3,(H,14,15). The highest BCUT2D eigenvalue weighted by atomic mass is 32.2. The van der Waals surface area contributed by atoms with Gasteiger partial charge in [-0.3, -0.25) is 9.69 Å². The van der Waals surface area contributed by atoms with Gasteiger partial charge in [0.05, 0.1) is 6.21 Å². The van der Waals surface area contributed by atoms with Crippen LogP contribution in [0.3, 0.4) is 0 Å². The number of hydrogen-bond donors (Lipinski definition) is 2. The molecule has 0 aliphatic carbocycles. The smallest absolute Gasteiger partial charge is 0.353 e. The van der Waals surface area contributed by atoms with E-state index >= 15 is 0 Å². The highest BCUT2D eigenvalue weighted by molar-refractivity contribution is 8.00. The first-order chi connectivity index (χ1) is 8.07. The largest absolute Gasteiger partial charge is 0.477 e. The molecule has 1 amide bonds. The van der Waals surface area contributed by atoms with E-state index in [-0.39, 0.29) is 17.0 Å². The Labute approximate surface area is 101 Å². The van der Waals surface area contributed by atoms with Crippen LogP contribution >= 0.6 is 11.8 Å². The van der Waals surface area contributed by atoms with E-state index in [2.05, 4.69) is 9.99 Å². The number of carboxylic acid groups (broad SMARTS) is 1. The number of rotatable bonds is 3. The highest BCUT2D eigenvalue weighted by Gasteiger charge is 2.51. The Bertz CT molecular complexity index is 434. The van der Waals surface area contributed by atoms with Gasteiger partial charge in [0.15, 0.2) is 0 Å². The van der Waals surface area contributed by atoms with Crippen molar-refractivity contribution < 1.29 is 19.5 Å². The van der Waals surface area contributed by atoms with E-state index < -0.39 is 12.0 Å². The molecule has 2 heterocycles. The van der Waals surface area contributed by atoms with Crippen molar-refractivity contribution in [1.82, 2.24) is 4.90 Å². The minimum Gasteiger partial charge on any atom is -0.477 e. The Morgan fingerprint density at radius 2 is 2.47 bits per heavy atom. The second-order valence-electron chi connectivity index (χ2n) is 3.53. The van der Waals surface area contributed by atoms with Gasteiger partial charge in [-0.1, -0.05) is 5.16 Å². The van der Waals surface area contributed by atoms with Crippen molar-refractivity contribution in [2.45, 2.75) is 11.4 Å². The molecule has 2 aliphatic heterocycles. The second-order valence-corrected chi connectivity index (χ2v) is 4.64. The molecule has 0 aromatic rings. The molecule has 0 aromatic heterocycles. The van der Waals surface area contributed by atoms with Crippen molar-refractivity contribution in [2.75, 3.05) is 12.9 Å². The Morgan fingerprint density at radius 1 is 1.76 bits per heavy atom. The molecule has 17 heavy (non-hydrogen) atoms. The van der Waals surface area contributed by atoms with Crippen molar-refractivity contribution in [3.63, 3.8) is 0 Å². The SMILES string of the molecule is CON=CC1=C(C(=O)O)N2C(=O)C(N)C2SC1. The fourth-order valence-corrected chi connectivity index (χ4v) is 3.00. The molecule has 1 fully saturated rings. The Morgan fingerprint density at radius 3 is 3.06 bits per heavy atom. The summed E-state index contributed by atoms with van der Waals surface area (Å²) in [7, 11) is 1.36. The molecule has 0 radical (unpaired) electrons. The summed E-state index contributed by atoms with van der Waals surface area (Å²) in [5.41, 5.74) is 5.99. The molecule has 0 spiro atoms. The van der Waals surface area contributed by atoms with Crippen molar-refractivity contribution in [3.05, 3.63) is 11.3 Å². The summed E-state index contributed by atoms with van der Waals surface area (Å²) in [4.78, 5) is 28.4. The zero-order valence-corrected chi connectivity index (χ0v) is 9.81. The summed E-state index contributed by atoms with van der Waals surface area (Å²) >= 11 is 1.42. The summed E-state index contributed by atoms with van der Waals surface area (Å²) in [5, 5.41) is 12.4. The summed E-state index contributed by atoms with van der Waals surface area (Å²) in [6.45, 7) is 0. The minimum atomic E-state index is -1.16. The van der Waals surface area contributed by atoms with Crippen LogP contribution in [0.25, 0.3) is 0 Å². The number of aliphatic carboxylic acids is 1. The van der Waals surface area contributed by atoms with Crippen LogP contribution in [0.5, 0.6) is 0 Å². The Balaban J connectivity index is 2.36. The van der Waals surface area contributed by atoms with Gasteiger partial charge in [-0.15, -0.1) is 11.8 Å². The number of carbonyl (C=O) groups excluding carboxylic acids is 1. The minimum absolute atomic E-state index is 0.0544. The second kappa shape index (κ2) is 4.38. The van der Waals surface area contributed by atoms with E-state index in [4.69, 9.17) is 10.8 Å². The maximum atomic E-state index is 11.5. The van der Waals surface area contributed by atoms with Crippen molar-refractivity contribution in [3.8, 4) is 0 Å². The van der Waals surface area contributed by atoms with Gasteiger partial charge in [0.1, 0.15) is 24.2 Å². The van der Waals surface area contributed by atoms with Gasteiger partial charge in [-0.2, -0.15) is 0 Å². The lowest BCUT2D eigenvalue weighted by atomic mass is 10.0. The van der Waals surface area contributed by atoms with Crippen LogP contribution in [0.2, 0.25) is 0 Å². The van der Waals surface area contributed by atoms with Crippen LogP contribution in [0.15, 0.2) is 16.4 Å². The van der Waals surface area contributed by atoms with E-state index in [1.807, 2.05) is 0 Å². The number of carboxylic acids is 1. The van der Waals surface area contributed by atoms with Crippen molar-refractivity contribution in [1.29, 1.82) is 0 Å². The number of nitrogens with zero attached hydrogens (tertiary/aromatic N) is 2. The van der Waals surface area contributed by atoms with Crippen molar-refractivity contribution in [2.24, 2.45) is 10.9 Å². The highest BCUT2D eigenvalue weighted by Crippen LogP contribution is 2.38. The normalized spacial score (nSPS) is 28.1. The van der Waals surface area contributed by atoms with E-state index in [1.165, 1.54) is 30.0 Å². The summed E-state index contributed by atoms with van der Waals surface area (Å²) in [6.07, 6.45) is 1.31. The van der Waals surface area contributed by atoms with Gasteiger partial charge < -0.3 is 15.7 Å². The molecule has 0 aromatic carbocycles. The number of carbonyl (C=O) groups is 2. The summed E-state index contributed by atoms with van der Waals surface area (Å²) in [5.74, 6) is -1.09. The van der Waals surface area contributed by atoms with Gasteiger partial charge in [0.25, 0.3) is 0 Å². The van der Waals surface area contributed by atoms with Gasteiger partial charge >= 0.3 is 5.97 Å². The van der Waals surface area contributed by atoms with Crippen molar-refractivity contribution >= 4 is 29.9 Å². The van der Waals surface area contributed by atoms with E-state index in [9.17, 15) is 9.59 Å². The number of β-lactam (4-membered cyclic amide) rings is 1. The molecule has 1 saturated heterocycles. The molecular weight excluding hydrogens is 246 g/mol. The fraction of sp³-hybridized carbons (Fsp3) is 0.444. The average molecular weight is 257 g/mol. The molecule has 8 heteroatoms. The first-order valence-corrected chi connectivity index (χ1v) is 5.86. The molecule has 2 unspecified atom stereocenters. The third kappa shape index (κ3) is 1.79. The molecular formula is C9H11N3O4S. The lowest BCUT2D eigenvalue weighted by Gasteiger charge is -2.47. The van der Waals surface area contributed by atoms with Crippen LogP contribution < -0.4 is 5.73 Å². The quantitative estimate of drug-likeness (QED) is 0.389. The van der Waals surface area contributed by atoms with E-state index in [0.717, 1.165) is 0 Å². The first kappa shape index (κ1) is 11.9. The van der Waals surface area contributed by atoms with Crippen LogP contribution in [0.1, 0.15) is 0 Å². The molecule has 3 N–H and O–H groups in total. The zero-order chi connectivity index (χ0) is 12.6.